The second-order valence-corrected chi connectivity index (χ2v) is 9.26. The Bertz CT molecular complexity index is 1110. The number of benzene rings is 2. The molecule has 0 radical (unpaired) electrons. The predicted molar refractivity (Wildman–Crippen MR) is 113 cm³/mol. The Kier molecular flexibility index (Phi) is 6.44. The van der Waals surface area contributed by atoms with Gasteiger partial charge in [-0.15, -0.1) is 0 Å². The molecular formula is C20H21ClFN3O4S. The van der Waals surface area contributed by atoms with Gasteiger partial charge in [-0.25, -0.2) is 17.5 Å². The molecule has 2 aromatic carbocycles. The number of rotatable bonds is 6. The SMILES string of the molecule is CC(=O)N1c2ccc(S(=O)(=O)NCCC(=O)Nc3ccc(Cl)cc3F)cc2C[C@H]1C. The summed E-state index contributed by atoms with van der Waals surface area (Å²) < 4.78 is 41.2. The summed E-state index contributed by atoms with van der Waals surface area (Å²) in [5.74, 6) is -1.32. The number of hydrogen-bond acceptors (Lipinski definition) is 4. The topological polar surface area (TPSA) is 95.6 Å². The average molecular weight is 454 g/mol. The van der Waals surface area contributed by atoms with Crippen molar-refractivity contribution >= 4 is 44.8 Å². The Morgan fingerprint density at radius 1 is 1.23 bits per heavy atom. The van der Waals surface area contributed by atoms with Gasteiger partial charge in [0.2, 0.25) is 21.8 Å². The van der Waals surface area contributed by atoms with Crippen LogP contribution >= 0.6 is 11.6 Å². The van der Waals surface area contributed by atoms with Gasteiger partial charge in [0, 0.05) is 36.6 Å². The first-order valence-corrected chi connectivity index (χ1v) is 11.1. The second kappa shape index (κ2) is 8.71. The minimum absolute atomic E-state index is 0.0324. The van der Waals surface area contributed by atoms with Gasteiger partial charge in [0.1, 0.15) is 5.82 Å². The minimum atomic E-state index is -3.84. The van der Waals surface area contributed by atoms with Crippen LogP contribution in [0.1, 0.15) is 25.8 Å². The molecule has 10 heteroatoms. The molecule has 0 bridgehead atoms. The van der Waals surface area contributed by atoms with Crippen molar-refractivity contribution in [2.75, 3.05) is 16.8 Å². The van der Waals surface area contributed by atoms with Gasteiger partial charge >= 0.3 is 0 Å². The van der Waals surface area contributed by atoms with Crippen LogP contribution in [0.5, 0.6) is 0 Å². The molecular weight excluding hydrogens is 433 g/mol. The van der Waals surface area contributed by atoms with Crippen molar-refractivity contribution in [1.82, 2.24) is 4.72 Å². The van der Waals surface area contributed by atoms with Crippen molar-refractivity contribution in [3.8, 4) is 0 Å². The van der Waals surface area contributed by atoms with E-state index in [1.54, 1.807) is 17.0 Å². The van der Waals surface area contributed by atoms with Gasteiger partial charge < -0.3 is 10.2 Å². The van der Waals surface area contributed by atoms with Crippen molar-refractivity contribution < 1.29 is 22.4 Å². The summed E-state index contributed by atoms with van der Waals surface area (Å²) >= 11 is 5.66. The smallest absolute Gasteiger partial charge is 0.240 e. The highest BCUT2D eigenvalue weighted by Gasteiger charge is 2.30. The van der Waals surface area contributed by atoms with E-state index < -0.39 is 21.7 Å². The maximum atomic E-state index is 13.7. The molecule has 0 aromatic heterocycles. The highest BCUT2D eigenvalue weighted by Crippen LogP contribution is 2.33. The number of hydrogen-bond donors (Lipinski definition) is 2. The molecule has 30 heavy (non-hydrogen) atoms. The molecule has 1 heterocycles. The molecule has 2 amide bonds. The van der Waals surface area contributed by atoms with E-state index in [0.29, 0.717) is 12.1 Å². The number of fused-ring (bicyclic) bond motifs is 1. The van der Waals surface area contributed by atoms with Crippen LogP contribution in [0.15, 0.2) is 41.3 Å². The first-order chi connectivity index (χ1) is 14.1. The molecule has 3 rings (SSSR count). The van der Waals surface area contributed by atoms with Gasteiger partial charge in [-0.1, -0.05) is 11.6 Å². The summed E-state index contributed by atoms with van der Waals surface area (Å²) in [6, 6.07) is 8.38. The minimum Gasteiger partial charge on any atom is -0.324 e. The zero-order chi connectivity index (χ0) is 22.1. The number of carbonyl (C=O) groups is 2. The summed E-state index contributed by atoms with van der Waals surface area (Å²) in [5, 5.41) is 2.58. The van der Waals surface area contributed by atoms with Crippen LogP contribution in [0.25, 0.3) is 0 Å². The normalized spacial score (nSPS) is 15.7. The van der Waals surface area contributed by atoms with Gasteiger partial charge in [0.15, 0.2) is 0 Å². The Balaban J connectivity index is 1.61. The first-order valence-electron chi connectivity index (χ1n) is 9.26. The van der Waals surface area contributed by atoms with Crippen molar-refractivity contribution in [2.24, 2.45) is 0 Å². The fourth-order valence-electron chi connectivity index (χ4n) is 3.44. The highest BCUT2D eigenvalue weighted by atomic mass is 35.5. The fraction of sp³-hybridized carbons (Fsp3) is 0.300. The van der Waals surface area contributed by atoms with E-state index in [-0.39, 0.29) is 40.5 Å². The largest absolute Gasteiger partial charge is 0.324 e. The molecule has 2 aromatic rings. The van der Waals surface area contributed by atoms with Crippen molar-refractivity contribution in [3.05, 3.63) is 52.8 Å². The lowest BCUT2D eigenvalue weighted by Gasteiger charge is -2.20. The van der Waals surface area contributed by atoms with Crippen LogP contribution < -0.4 is 14.9 Å². The maximum absolute atomic E-state index is 13.7. The first kappa shape index (κ1) is 22.2. The highest BCUT2D eigenvalue weighted by molar-refractivity contribution is 7.89. The summed E-state index contributed by atoms with van der Waals surface area (Å²) in [7, 11) is -3.84. The van der Waals surface area contributed by atoms with Gasteiger partial charge in [-0.2, -0.15) is 0 Å². The number of nitrogens with one attached hydrogen (secondary N) is 2. The lowest BCUT2D eigenvalue weighted by molar-refractivity contribution is -0.117. The molecule has 0 saturated heterocycles. The van der Waals surface area contributed by atoms with Gasteiger partial charge in [0.25, 0.3) is 0 Å². The van der Waals surface area contributed by atoms with Crippen LogP contribution in [0.2, 0.25) is 5.02 Å². The number of sulfonamides is 1. The van der Waals surface area contributed by atoms with Crippen molar-refractivity contribution in [3.63, 3.8) is 0 Å². The molecule has 0 saturated carbocycles. The summed E-state index contributed by atoms with van der Waals surface area (Å²) in [6.07, 6.45) is 0.384. The zero-order valence-electron chi connectivity index (χ0n) is 16.4. The number of anilines is 2. The van der Waals surface area contributed by atoms with E-state index in [4.69, 9.17) is 11.6 Å². The van der Waals surface area contributed by atoms with Gasteiger partial charge in [-0.3, -0.25) is 9.59 Å². The molecule has 0 aliphatic carbocycles. The molecule has 0 unspecified atom stereocenters. The third kappa shape index (κ3) is 4.80. The lowest BCUT2D eigenvalue weighted by Crippen LogP contribution is -2.33. The van der Waals surface area contributed by atoms with Crippen LogP contribution in [0.3, 0.4) is 0 Å². The molecule has 1 aliphatic heterocycles. The monoisotopic (exact) mass is 453 g/mol. The molecule has 1 aliphatic rings. The van der Waals surface area contributed by atoms with Crippen molar-refractivity contribution in [1.29, 1.82) is 0 Å². The molecule has 1 atom stereocenters. The Morgan fingerprint density at radius 2 is 1.97 bits per heavy atom. The standard InChI is InChI=1S/C20H21ClFN3O4S/c1-12-9-14-10-16(4-6-19(14)25(12)13(2)26)30(28,29)23-8-7-20(27)24-18-5-3-15(21)11-17(18)22/h3-6,10-12,23H,7-9H2,1-2H3,(H,24,27)/t12-/m1/s1. The maximum Gasteiger partial charge on any atom is 0.240 e. The fourth-order valence-corrected chi connectivity index (χ4v) is 4.68. The summed E-state index contributed by atoms with van der Waals surface area (Å²) in [4.78, 5) is 25.5. The molecule has 2 N–H and O–H groups in total. The quantitative estimate of drug-likeness (QED) is 0.702. The van der Waals surface area contributed by atoms with Gasteiger partial charge in [0.05, 0.1) is 10.6 Å². The molecule has 0 spiro atoms. The van der Waals surface area contributed by atoms with Crippen LogP contribution in [-0.4, -0.2) is 32.8 Å². The number of halogens is 2. The van der Waals surface area contributed by atoms with E-state index in [0.717, 1.165) is 11.6 Å². The average Bonchev–Trinajstić information content (AvgIpc) is 2.99. The zero-order valence-corrected chi connectivity index (χ0v) is 18.0. The van der Waals surface area contributed by atoms with Gasteiger partial charge in [-0.05, 0) is 55.3 Å². The molecule has 7 nitrogen and oxygen atoms in total. The van der Waals surface area contributed by atoms with E-state index in [1.165, 1.54) is 25.1 Å². The number of carbonyl (C=O) groups excluding carboxylic acids is 2. The Morgan fingerprint density at radius 3 is 2.63 bits per heavy atom. The summed E-state index contributed by atoms with van der Waals surface area (Å²) in [6.45, 7) is 3.21. The van der Waals surface area contributed by atoms with Crippen LogP contribution in [0.4, 0.5) is 15.8 Å². The van der Waals surface area contributed by atoms with E-state index in [2.05, 4.69) is 10.0 Å². The van der Waals surface area contributed by atoms with E-state index in [1.807, 2.05) is 6.92 Å². The second-order valence-electron chi connectivity index (χ2n) is 7.05. The third-order valence-corrected chi connectivity index (χ3v) is 6.46. The van der Waals surface area contributed by atoms with Crippen LogP contribution in [-0.2, 0) is 26.0 Å². The van der Waals surface area contributed by atoms with Crippen molar-refractivity contribution in [2.45, 2.75) is 37.6 Å². The number of nitrogens with zero attached hydrogens (tertiary/aromatic N) is 1. The number of amides is 2. The molecule has 160 valence electrons. The Hall–Kier alpha value is -2.49. The third-order valence-electron chi connectivity index (χ3n) is 4.77. The summed E-state index contributed by atoms with van der Waals surface area (Å²) in [5.41, 5.74) is 1.45. The lowest BCUT2D eigenvalue weighted by atomic mass is 10.1. The van der Waals surface area contributed by atoms with E-state index in [9.17, 15) is 22.4 Å². The van der Waals surface area contributed by atoms with Crippen LogP contribution in [0, 0.1) is 5.82 Å². The van der Waals surface area contributed by atoms with E-state index >= 15 is 0 Å². The Labute approximate surface area is 179 Å². The molecule has 0 fully saturated rings. The predicted octanol–water partition coefficient (Wildman–Crippen LogP) is 3.08.